The van der Waals surface area contributed by atoms with E-state index in [0.717, 1.165) is 22.0 Å². The smallest absolute Gasteiger partial charge is 0.322 e. The number of hydrogen-bond acceptors (Lipinski definition) is 7. The minimum absolute atomic E-state index is 0.0776. The van der Waals surface area contributed by atoms with Crippen LogP contribution in [-0.2, 0) is 6.42 Å². The van der Waals surface area contributed by atoms with Gasteiger partial charge in [0.15, 0.2) is 11.5 Å². The summed E-state index contributed by atoms with van der Waals surface area (Å²) in [6.07, 6.45) is 0.432. The fourth-order valence-corrected chi connectivity index (χ4v) is 3.65. The maximum Gasteiger partial charge on any atom is 0.322 e. The molecule has 2 aromatic carbocycles. The van der Waals surface area contributed by atoms with Crippen molar-refractivity contribution < 1.29 is 18.7 Å². The highest BCUT2D eigenvalue weighted by molar-refractivity contribution is 7.99. The van der Waals surface area contributed by atoms with Gasteiger partial charge in [-0.2, -0.15) is 0 Å². The molecule has 7 nitrogen and oxygen atoms in total. The standard InChI is InChI=1S/C20H19N3O4S/c1-2-28-17-6-4-3-5-14(17)19(24)21-20-23-22-18(27-20)12-13-7-8-15-16(11-13)26-10-9-25-15/h3-8,11H,2,9-10,12H2,1H3,(H,21,23,24). The second kappa shape index (κ2) is 8.35. The Bertz CT molecular complexity index is 989. The highest BCUT2D eigenvalue weighted by Crippen LogP contribution is 2.31. The molecule has 144 valence electrons. The quantitative estimate of drug-likeness (QED) is 0.633. The summed E-state index contributed by atoms with van der Waals surface area (Å²) in [7, 11) is 0. The van der Waals surface area contributed by atoms with Crippen molar-refractivity contribution in [1.29, 1.82) is 0 Å². The van der Waals surface area contributed by atoms with Crippen LogP contribution in [0.1, 0.15) is 28.7 Å². The third kappa shape index (κ3) is 4.12. The lowest BCUT2D eigenvalue weighted by Crippen LogP contribution is -2.15. The van der Waals surface area contributed by atoms with Gasteiger partial charge in [0.1, 0.15) is 13.2 Å². The van der Waals surface area contributed by atoms with E-state index < -0.39 is 0 Å². The molecule has 0 saturated heterocycles. The Morgan fingerprint density at radius 3 is 2.79 bits per heavy atom. The first-order valence-electron chi connectivity index (χ1n) is 8.97. The minimum Gasteiger partial charge on any atom is -0.486 e. The number of aromatic nitrogens is 2. The summed E-state index contributed by atoms with van der Waals surface area (Å²) in [5.41, 5.74) is 1.54. The van der Waals surface area contributed by atoms with Crippen molar-refractivity contribution in [3.8, 4) is 11.5 Å². The van der Waals surface area contributed by atoms with E-state index in [1.807, 2.05) is 43.3 Å². The molecule has 1 aliphatic rings. The number of carbonyl (C=O) groups excluding carboxylic acids is 1. The Labute approximate surface area is 166 Å². The Morgan fingerprint density at radius 1 is 1.11 bits per heavy atom. The highest BCUT2D eigenvalue weighted by atomic mass is 32.2. The topological polar surface area (TPSA) is 86.5 Å². The maximum atomic E-state index is 12.6. The van der Waals surface area contributed by atoms with Crippen molar-refractivity contribution in [2.75, 3.05) is 24.3 Å². The maximum absolute atomic E-state index is 12.6. The van der Waals surface area contributed by atoms with Gasteiger partial charge in [-0.1, -0.05) is 30.2 Å². The molecule has 0 radical (unpaired) electrons. The van der Waals surface area contributed by atoms with Crippen molar-refractivity contribution in [3.05, 3.63) is 59.5 Å². The molecule has 28 heavy (non-hydrogen) atoms. The first-order chi connectivity index (χ1) is 13.7. The van der Waals surface area contributed by atoms with Crippen molar-refractivity contribution in [2.24, 2.45) is 0 Å². The lowest BCUT2D eigenvalue weighted by Gasteiger charge is -2.18. The zero-order chi connectivity index (χ0) is 19.3. The predicted octanol–water partition coefficient (Wildman–Crippen LogP) is 3.80. The molecule has 0 fully saturated rings. The monoisotopic (exact) mass is 397 g/mol. The lowest BCUT2D eigenvalue weighted by molar-refractivity contribution is 0.102. The van der Waals surface area contributed by atoms with Crippen molar-refractivity contribution in [3.63, 3.8) is 0 Å². The summed E-state index contributed by atoms with van der Waals surface area (Å²) in [5.74, 6) is 2.46. The number of amides is 1. The molecule has 0 aliphatic carbocycles. The molecule has 0 unspecified atom stereocenters. The van der Waals surface area contributed by atoms with Crippen LogP contribution < -0.4 is 14.8 Å². The van der Waals surface area contributed by atoms with E-state index >= 15 is 0 Å². The van der Waals surface area contributed by atoms with Crippen LogP contribution in [0.2, 0.25) is 0 Å². The van der Waals surface area contributed by atoms with Crippen LogP contribution in [0.4, 0.5) is 6.01 Å². The molecule has 0 atom stereocenters. The molecule has 1 amide bonds. The molecule has 1 aromatic heterocycles. The van der Waals surface area contributed by atoms with Crippen molar-refractivity contribution in [1.82, 2.24) is 10.2 Å². The third-order valence-corrected chi connectivity index (χ3v) is 5.04. The summed E-state index contributed by atoms with van der Waals surface area (Å²) in [6, 6.07) is 13.2. The summed E-state index contributed by atoms with van der Waals surface area (Å²) in [4.78, 5) is 13.5. The van der Waals surface area contributed by atoms with E-state index in [2.05, 4.69) is 15.5 Å². The average molecular weight is 397 g/mol. The molecule has 2 heterocycles. The van der Waals surface area contributed by atoms with E-state index in [1.165, 1.54) is 0 Å². The van der Waals surface area contributed by atoms with Gasteiger partial charge in [0.2, 0.25) is 5.89 Å². The second-order valence-electron chi connectivity index (χ2n) is 6.04. The largest absolute Gasteiger partial charge is 0.486 e. The number of nitrogens with one attached hydrogen (secondary N) is 1. The second-order valence-corrected chi connectivity index (χ2v) is 7.34. The number of rotatable bonds is 6. The lowest BCUT2D eigenvalue weighted by atomic mass is 10.1. The molecule has 1 N–H and O–H groups in total. The number of carbonyl (C=O) groups is 1. The summed E-state index contributed by atoms with van der Waals surface area (Å²) >= 11 is 1.61. The van der Waals surface area contributed by atoms with E-state index in [1.54, 1.807) is 17.8 Å². The first kappa shape index (κ1) is 18.4. The average Bonchev–Trinajstić information content (AvgIpc) is 3.15. The summed E-state index contributed by atoms with van der Waals surface area (Å²) in [5, 5.41) is 10.6. The van der Waals surface area contributed by atoms with Crippen molar-refractivity contribution in [2.45, 2.75) is 18.2 Å². The van der Waals surface area contributed by atoms with Gasteiger partial charge in [0, 0.05) is 4.90 Å². The molecular formula is C20H19N3O4S. The summed E-state index contributed by atoms with van der Waals surface area (Å²) < 4.78 is 16.7. The van der Waals surface area contributed by atoms with Gasteiger partial charge in [-0.15, -0.1) is 16.9 Å². The zero-order valence-corrected chi connectivity index (χ0v) is 16.1. The molecule has 4 rings (SSSR count). The van der Waals surface area contributed by atoms with Crippen LogP contribution in [-0.4, -0.2) is 35.1 Å². The first-order valence-corrected chi connectivity index (χ1v) is 9.95. The number of thioether (sulfide) groups is 1. The Kier molecular flexibility index (Phi) is 5.48. The minimum atomic E-state index is -0.272. The fourth-order valence-electron chi connectivity index (χ4n) is 2.85. The zero-order valence-electron chi connectivity index (χ0n) is 15.3. The Balaban J connectivity index is 1.44. The van der Waals surface area contributed by atoms with Crippen LogP contribution in [0.5, 0.6) is 11.5 Å². The van der Waals surface area contributed by atoms with Crippen LogP contribution in [0, 0.1) is 0 Å². The van der Waals surface area contributed by atoms with Gasteiger partial charge in [0.05, 0.1) is 12.0 Å². The van der Waals surface area contributed by atoms with Crippen LogP contribution in [0.25, 0.3) is 0 Å². The van der Waals surface area contributed by atoms with Gasteiger partial charge < -0.3 is 13.9 Å². The van der Waals surface area contributed by atoms with Crippen LogP contribution in [0.15, 0.2) is 51.8 Å². The van der Waals surface area contributed by atoms with E-state index in [9.17, 15) is 4.79 Å². The molecule has 1 aliphatic heterocycles. The fraction of sp³-hybridized carbons (Fsp3) is 0.250. The summed E-state index contributed by atoms with van der Waals surface area (Å²) in [6.45, 7) is 3.13. The number of benzene rings is 2. The molecular weight excluding hydrogens is 378 g/mol. The van der Waals surface area contributed by atoms with Gasteiger partial charge >= 0.3 is 6.01 Å². The Hall–Kier alpha value is -3.00. The SMILES string of the molecule is CCSc1ccccc1C(=O)Nc1nnc(Cc2ccc3c(c2)OCCO3)o1. The molecule has 0 saturated carbocycles. The normalized spacial score (nSPS) is 12.6. The van der Waals surface area contributed by atoms with Crippen LogP contribution in [0.3, 0.4) is 0 Å². The number of anilines is 1. The molecule has 8 heteroatoms. The number of nitrogens with zero attached hydrogens (tertiary/aromatic N) is 2. The van der Waals surface area contributed by atoms with Gasteiger partial charge in [-0.25, -0.2) is 0 Å². The van der Waals surface area contributed by atoms with Gasteiger partial charge in [-0.3, -0.25) is 10.1 Å². The Morgan fingerprint density at radius 2 is 1.93 bits per heavy atom. The van der Waals surface area contributed by atoms with E-state index in [4.69, 9.17) is 13.9 Å². The highest BCUT2D eigenvalue weighted by Gasteiger charge is 2.16. The van der Waals surface area contributed by atoms with Gasteiger partial charge in [0.25, 0.3) is 5.91 Å². The molecule has 0 bridgehead atoms. The predicted molar refractivity (Wildman–Crippen MR) is 105 cm³/mol. The van der Waals surface area contributed by atoms with E-state index in [0.29, 0.717) is 36.8 Å². The molecule has 3 aromatic rings. The number of fused-ring (bicyclic) bond motifs is 1. The van der Waals surface area contributed by atoms with Crippen molar-refractivity contribution >= 4 is 23.7 Å². The molecule has 0 spiro atoms. The van der Waals surface area contributed by atoms with E-state index in [-0.39, 0.29) is 11.9 Å². The van der Waals surface area contributed by atoms with Crippen LogP contribution >= 0.6 is 11.8 Å². The third-order valence-electron chi connectivity index (χ3n) is 4.08. The van der Waals surface area contributed by atoms with Gasteiger partial charge in [-0.05, 0) is 35.6 Å². The number of hydrogen-bond donors (Lipinski definition) is 1. The number of ether oxygens (including phenoxy) is 2.